The normalized spacial score (nSPS) is 15.0. The summed E-state index contributed by atoms with van der Waals surface area (Å²) in [6, 6.07) is 8.57. The van der Waals surface area contributed by atoms with Gasteiger partial charge in [0.05, 0.1) is 5.69 Å². The second kappa shape index (κ2) is 9.62. The Kier molecular flexibility index (Phi) is 7.79. The highest BCUT2D eigenvalue weighted by Crippen LogP contribution is 2.42. The molecule has 0 amide bonds. The number of hydrogen-bond donors (Lipinski definition) is 0. The number of benzene rings is 1. The van der Waals surface area contributed by atoms with Crippen LogP contribution in [0.2, 0.25) is 16.6 Å². The molecule has 1 aliphatic rings. The van der Waals surface area contributed by atoms with E-state index >= 15 is 0 Å². The van der Waals surface area contributed by atoms with Crippen LogP contribution in [0.1, 0.15) is 66.4 Å². The maximum absolute atomic E-state index is 6.61. The summed E-state index contributed by atoms with van der Waals surface area (Å²) in [7, 11) is -1.76. The first-order chi connectivity index (χ1) is 12.4. The van der Waals surface area contributed by atoms with Crippen molar-refractivity contribution in [3.63, 3.8) is 0 Å². The van der Waals surface area contributed by atoms with E-state index < -0.39 is 8.32 Å². The van der Waals surface area contributed by atoms with E-state index in [9.17, 15) is 0 Å². The summed E-state index contributed by atoms with van der Waals surface area (Å²) in [6.07, 6.45) is 3.40. The van der Waals surface area contributed by atoms with E-state index in [0.29, 0.717) is 16.6 Å². The van der Waals surface area contributed by atoms with E-state index in [1.165, 1.54) is 18.5 Å². The van der Waals surface area contributed by atoms with Crippen LogP contribution in [0.25, 0.3) is 0 Å². The Morgan fingerprint density at radius 2 is 1.54 bits per heavy atom. The zero-order valence-corrected chi connectivity index (χ0v) is 18.6. The number of hydrogen-bond acceptors (Lipinski definition) is 2. The predicted octanol–water partition coefficient (Wildman–Crippen LogP) is 6.22. The van der Waals surface area contributed by atoms with Gasteiger partial charge in [-0.1, -0.05) is 65.5 Å². The molecule has 2 nitrogen and oxygen atoms in total. The van der Waals surface area contributed by atoms with E-state index in [4.69, 9.17) is 4.43 Å². The topological polar surface area (TPSA) is 12.5 Å². The van der Waals surface area contributed by atoms with E-state index in [-0.39, 0.29) is 0 Å². The van der Waals surface area contributed by atoms with Crippen LogP contribution in [0.3, 0.4) is 0 Å². The summed E-state index contributed by atoms with van der Waals surface area (Å²) in [5.74, 6) is 6.78. The van der Waals surface area contributed by atoms with Crippen molar-refractivity contribution in [2.75, 3.05) is 24.6 Å². The summed E-state index contributed by atoms with van der Waals surface area (Å²) in [6.45, 7) is 17.1. The molecule has 0 atom stereocenters. The highest BCUT2D eigenvalue weighted by atomic mass is 28.4. The number of rotatable bonds is 7. The van der Waals surface area contributed by atoms with Crippen LogP contribution < -0.4 is 4.90 Å². The quantitative estimate of drug-likeness (QED) is 0.320. The molecule has 1 aliphatic heterocycles. The number of nitrogens with zero attached hydrogens (tertiary/aromatic N) is 1. The Hall–Kier alpha value is -1.24. The summed E-state index contributed by atoms with van der Waals surface area (Å²) >= 11 is 0. The molecule has 0 N–H and O–H groups in total. The summed E-state index contributed by atoms with van der Waals surface area (Å²) in [4.78, 5) is 2.47. The van der Waals surface area contributed by atoms with Crippen LogP contribution in [-0.4, -0.2) is 28.0 Å². The van der Waals surface area contributed by atoms with Crippen LogP contribution in [0.15, 0.2) is 24.3 Å². The minimum atomic E-state index is -1.76. The predicted molar refractivity (Wildman–Crippen MR) is 116 cm³/mol. The average Bonchev–Trinajstić information content (AvgIpc) is 3.11. The van der Waals surface area contributed by atoms with Crippen molar-refractivity contribution in [2.45, 2.75) is 77.4 Å². The fraction of sp³-hybridized carbons (Fsp3) is 0.652. The minimum Gasteiger partial charge on any atom is -0.415 e. The zero-order chi connectivity index (χ0) is 19.2. The van der Waals surface area contributed by atoms with Crippen LogP contribution in [-0.2, 0) is 4.43 Å². The van der Waals surface area contributed by atoms with Crippen molar-refractivity contribution < 1.29 is 4.43 Å². The highest BCUT2D eigenvalue weighted by molar-refractivity contribution is 6.77. The van der Waals surface area contributed by atoms with Gasteiger partial charge in [-0.2, -0.15) is 0 Å². The SMILES string of the molecule is CC(C)[Si](OCCC#Cc1ccccc1N1CCCC1)(C(C)C)C(C)C. The number of para-hydroxylation sites is 1. The number of anilines is 1. The highest BCUT2D eigenvalue weighted by Gasteiger charge is 2.44. The maximum atomic E-state index is 6.61. The third-order valence-corrected chi connectivity index (χ3v) is 12.0. The van der Waals surface area contributed by atoms with Gasteiger partial charge in [0.15, 0.2) is 8.32 Å². The Bertz CT molecular complexity index is 599. The second-order valence-electron chi connectivity index (χ2n) is 8.43. The van der Waals surface area contributed by atoms with E-state index in [0.717, 1.165) is 31.7 Å². The lowest BCUT2D eigenvalue weighted by Gasteiger charge is -2.42. The molecular formula is C23H37NOSi. The minimum absolute atomic E-state index is 0.631. The molecule has 3 heteroatoms. The summed E-state index contributed by atoms with van der Waals surface area (Å²) < 4.78 is 6.61. The molecule has 0 unspecified atom stereocenters. The van der Waals surface area contributed by atoms with Crippen LogP contribution >= 0.6 is 0 Å². The van der Waals surface area contributed by atoms with Gasteiger partial charge in [0.2, 0.25) is 0 Å². The molecule has 1 aromatic carbocycles. The molecule has 2 rings (SSSR count). The molecular weight excluding hydrogens is 334 g/mol. The van der Waals surface area contributed by atoms with Crippen molar-refractivity contribution in [1.82, 2.24) is 0 Å². The summed E-state index contributed by atoms with van der Waals surface area (Å²) in [5, 5.41) is 0. The fourth-order valence-electron chi connectivity index (χ4n) is 4.75. The van der Waals surface area contributed by atoms with Gasteiger partial charge in [-0.15, -0.1) is 0 Å². The molecule has 1 fully saturated rings. The Morgan fingerprint density at radius 3 is 2.12 bits per heavy atom. The van der Waals surface area contributed by atoms with E-state index in [1.54, 1.807) is 0 Å². The lowest BCUT2D eigenvalue weighted by molar-refractivity contribution is 0.286. The molecule has 1 heterocycles. The molecule has 1 aromatic rings. The molecule has 0 aromatic heterocycles. The standard InChI is InChI=1S/C23H37NOSi/c1-19(2)26(20(3)4,21(5)6)25-18-12-9-14-22-13-7-8-15-23(22)24-16-10-11-17-24/h7-8,13,15,19-21H,10-12,16-18H2,1-6H3. The Balaban J connectivity index is 2.01. The van der Waals surface area contributed by atoms with Gasteiger partial charge in [-0.05, 0) is 41.6 Å². The van der Waals surface area contributed by atoms with Gasteiger partial charge in [0, 0.05) is 31.7 Å². The molecule has 0 aliphatic carbocycles. The van der Waals surface area contributed by atoms with Crippen molar-refractivity contribution in [1.29, 1.82) is 0 Å². The molecule has 0 bridgehead atoms. The van der Waals surface area contributed by atoms with Gasteiger partial charge in [0.25, 0.3) is 0 Å². The molecule has 26 heavy (non-hydrogen) atoms. The first kappa shape index (κ1) is 21.1. The lowest BCUT2D eigenvalue weighted by atomic mass is 10.1. The maximum Gasteiger partial charge on any atom is 0.200 e. The average molecular weight is 372 g/mol. The van der Waals surface area contributed by atoms with Crippen molar-refractivity contribution in [3.05, 3.63) is 29.8 Å². The lowest BCUT2D eigenvalue weighted by Crippen LogP contribution is -2.47. The smallest absolute Gasteiger partial charge is 0.200 e. The molecule has 0 radical (unpaired) electrons. The first-order valence-corrected chi connectivity index (χ1v) is 12.5. The van der Waals surface area contributed by atoms with Crippen LogP contribution in [0.5, 0.6) is 0 Å². The second-order valence-corrected chi connectivity index (χ2v) is 13.9. The molecule has 144 valence electrons. The Labute approximate surface area is 162 Å². The van der Waals surface area contributed by atoms with E-state index in [1.807, 2.05) is 0 Å². The van der Waals surface area contributed by atoms with Crippen molar-refractivity contribution in [2.24, 2.45) is 0 Å². The van der Waals surface area contributed by atoms with Crippen molar-refractivity contribution in [3.8, 4) is 11.8 Å². The Morgan fingerprint density at radius 1 is 0.962 bits per heavy atom. The van der Waals surface area contributed by atoms with Gasteiger partial charge >= 0.3 is 0 Å². The van der Waals surface area contributed by atoms with Gasteiger partial charge < -0.3 is 9.33 Å². The largest absolute Gasteiger partial charge is 0.415 e. The monoisotopic (exact) mass is 371 g/mol. The zero-order valence-electron chi connectivity index (χ0n) is 17.6. The van der Waals surface area contributed by atoms with Crippen LogP contribution in [0.4, 0.5) is 5.69 Å². The van der Waals surface area contributed by atoms with Gasteiger partial charge in [-0.25, -0.2) is 0 Å². The van der Waals surface area contributed by atoms with Gasteiger partial charge in [0.1, 0.15) is 0 Å². The molecule has 1 saturated heterocycles. The summed E-state index contributed by atoms with van der Waals surface area (Å²) in [5.41, 5.74) is 4.35. The van der Waals surface area contributed by atoms with E-state index in [2.05, 4.69) is 82.5 Å². The third-order valence-electron chi connectivity index (χ3n) is 5.86. The fourth-order valence-corrected chi connectivity index (χ4v) is 10.2. The molecule has 0 spiro atoms. The van der Waals surface area contributed by atoms with Crippen molar-refractivity contribution >= 4 is 14.0 Å². The molecule has 0 saturated carbocycles. The third kappa shape index (κ3) is 4.72. The van der Waals surface area contributed by atoms with Crippen LogP contribution in [0, 0.1) is 11.8 Å². The van der Waals surface area contributed by atoms with Gasteiger partial charge in [-0.3, -0.25) is 0 Å². The first-order valence-electron chi connectivity index (χ1n) is 10.4.